The number of amides is 1. The largest absolute Gasteiger partial charge is 0.504 e. The van der Waals surface area contributed by atoms with Crippen molar-refractivity contribution in [2.75, 3.05) is 20.1 Å². The standard InChI is InChI=1S/C29H34N2O5/c1-30(27(33)35-17-19-5-3-2-4-6-19)21-11-12-29(34)23-15-20-9-10-22(32)25-24(20)28(29,26(21)36-25)13-14-31(23)16-18-7-8-18/h2-6,9-10,18,21,23,26,32,34H,7-8,11-17H2,1H3/t21-,23-,26-,28-,29+/m0/s1. The van der Waals surface area contributed by atoms with Crippen LogP contribution in [0.15, 0.2) is 42.5 Å². The molecule has 1 spiro atoms. The van der Waals surface area contributed by atoms with Gasteiger partial charge >= 0.3 is 6.09 Å². The Morgan fingerprint density at radius 1 is 1.17 bits per heavy atom. The van der Waals surface area contributed by atoms with Gasteiger partial charge in [0.1, 0.15) is 12.7 Å². The molecule has 0 radical (unpaired) electrons. The number of ether oxygens (including phenoxy) is 2. The van der Waals surface area contributed by atoms with Crippen LogP contribution in [0.1, 0.15) is 48.8 Å². The highest BCUT2D eigenvalue weighted by Crippen LogP contribution is 2.66. The van der Waals surface area contributed by atoms with Gasteiger partial charge in [0, 0.05) is 25.2 Å². The molecule has 2 bridgehead atoms. The van der Waals surface area contributed by atoms with Crippen LogP contribution in [0, 0.1) is 5.92 Å². The Morgan fingerprint density at radius 2 is 1.97 bits per heavy atom. The average Bonchev–Trinajstić information content (AvgIpc) is 3.63. The third-order valence-corrected chi connectivity index (χ3v) is 9.72. The number of aromatic hydroxyl groups is 1. The van der Waals surface area contributed by atoms with E-state index >= 15 is 0 Å². The fraction of sp³-hybridized carbons (Fsp3) is 0.552. The Kier molecular flexibility index (Phi) is 4.90. The first-order valence-corrected chi connectivity index (χ1v) is 13.3. The van der Waals surface area contributed by atoms with Crippen LogP contribution in [-0.4, -0.2) is 70.0 Å². The quantitative estimate of drug-likeness (QED) is 0.667. The number of aliphatic hydroxyl groups is 1. The van der Waals surface area contributed by atoms with Crippen molar-refractivity contribution in [3.8, 4) is 11.5 Å². The Balaban J connectivity index is 1.23. The van der Waals surface area contributed by atoms with Gasteiger partial charge in [-0.1, -0.05) is 36.4 Å². The molecule has 5 atom stereocenters. The number of carbonyl (C=O) groups excluding carboxylic acids is 1. The van der Waals surface area contributed by atoms with Gasteiger partial charge in [-0.25, -0.2) is 4.79 Å². The molecular weight excluding hydrogens is 456 g/mol. The molecule has 3 aliphatic carbocycles. The van der Waals surface area contributed by atoms with Gasteiger partial charge < -0.3 is 24.6 Å². The van der Waals surface area contributed by atoms with Crippen LogP contribution >= 0.6 is 0 Å². The van der Waals surface area contributed by atoms with Crippen molar-refractivity contribution < 1.29 is 24.5 Å². The summed E-state index contributed by atoms with van der Waals surface area (Å²) >= 11 is 0. The molecule has 36 heavy (non-hydrogen) atoms. The molecule has 0 unspecified atom stereocenters. The molecule has 190 valence electrons. The Morgan fingerprint density at radius 3 is 2.75 bits per heavy atom. The molecule has 3 fully saturated rings. The van der Waals surface area contributed by atoms with E-state index in [0.29, 0.717) is 18.6 Å². The predicted molar refractivity (Wildman–Crippen MR) is 133 cm³/mol. The second-order valence-corrected chi connectivity index (χ2v) is 11.5. The number of piperidine rings is 1. The smallest absolute Gasteiger partial charge is 0.410 e. The highest BCUT2D eigenvalue weighted by atomic mass is 16.6. The van der Waals surface area contributed by atoms with Crippen molar-refractivity contribution in [1.82, 2.24) is 9.80 Å². The summed E-state index contributed by atoms with van der Waals surface area (Å²) in [6.07, 6.45) is 4.47. The lowest BCUT2D eigenvalue weighted by Gasteiger charge is -2.64. The third kappa shape index (κ3) is 3.02. The summed E-state index contributed by atoms with van der Waals surface area (Å²) in [6.45, 7) is 2.15. The minimum atomic E-state index is -0.956. The molecule has 2 aromatic rings. The first kappa shape index (κ1) is 22.4. The second-order valence-electron chi connectivity index (χ2n) is 11.5. The number of phenols is 1. The molecule has 0 aromatic heterocycles. The molecular formula is C29H34N2O5. The van der Waals surface area contributed by atoms with Crippen LogP contribution in [0.2, 0.25) is 0 Å². The van der Waals surface area contributed by atoms with Gasteiger partial charge in [-0.3, -0.25) is 4.90 Å². The lowest BCUT2D eigenvalue weighted by molar-refractivity contribution is -0.198. The Bertz CT molecular complexity index is 1200. The summed E-state index contributed by atoms with van der Waals surface area (Å²) in [5, 5.41) is 23.4. The van der Waals surface area contributed by atoms with E-state index in [0.717, 1.165) is 48.5 Å². The first-order chi connectivity index (χ1) is 17.4. The van der Waals surface area contributed by atoms with Crippen molar-refractivity contribution in [1.29, 1.82) is 0 Å². The molecule has 7 rings (SSSR count). The maximum atomic E-state index is 13.2. The summed E-state index contributed by atoms with van der Waals surface area (Å²) in [5.74, 6) is 1.37. The first-order valence-electron chi connectivity index (χ1n) is 13.3. The van der Waals surface area contributed by atoms with E-state index in [9.17, 15) is 15.0 Å². The van der Waals surface area contributed by atoms with Gasteiger partial charge in [-0.2, -0.15) is 0 Å². The van der Waals surface area contributed by atoms with Gasteiger partial charge in [-0.15, -0.1) is 0 Å². The van der Waals surface area contributed by atoms with Gasteiger partial charge in [0.05, 0.1) is 17.1 Å². The summed E-state index contributed by atoms with van der Waals surface area (Å²) < 4.78 is 12.2. The molecule has 7 nitrogen and oxygen atoms in total. The maximum absolute atomic E-state index is 13.2. The van der Waals surface area contributed by atoms with Gasteiger partial charge in [0.25, 0.3) is 0 Å². The summed E-state index contributed by atoms with van der Waals surface area (Å²) in [5.41, 5.74) is 1.48. The predicted octanol–water partition coefficient (Wildman–Crippen LogP) is 3.59. The number of nitrogens with zero attached hydrogens (tertiary/aromatic N) is 2. The molecule has 2 aliphatic heterocycles. The highest BCUT2D eigenvalue weighted by molar-refractivity contribution is 5.69. The zero-order valence-corrected chi connectivity index (χ0v) is 20.7. The van der Waals surface area contributed by atoms with Crippen LogP contribution in [0.25, 0.3) is 0 Å². The monoisotopic (exact) mass is 490 g/mol. The number of carbonyl (C=O) groups is 1. The van der Waals surface area contributed by atoms with E-state index < -0.39 is 23.2 Å². The van der Waals surface area contributed by atoms with Crippen LogP contribution in [-0.2, 0) is 23.2 Å². The van der Waals surface area contributed by atoms with Crippen molar-refractivity contribution in [2.45, 2.75) is 74.3 Å². The molecule has 2 N–H and O–H groups in total. The second kappa shape index (κ2) is 7.86. The van der Waals surface area contributed by atoms with E-state index in [1.54, 1.807) is 18.0 Å². The number of benzene rings is 2. The summed E-state index contributed by atoms with van der Waals surface area (Å²) in [6, 6.07) is 13.2. The zero-order valence-electron chi connectivity index (χ0n) is 20.7. The van der Waals surface area contributed by atoms with Gasteiger partial charge in [0.15, 0.2) is 11.5 Å². The van der Waals surface area contributed by atoms with E-state index in [4.69, 9.17) is 9.47 Å². The van der Waals surface area contributed by atoms with Crippen LogP contribution in [0.3, 0.4) is 0 Å². The van der Waals surface area contributed by atoms with E-state index in [2.05, 4.69) is 4.90 Å². The number of rotatable bonds is 5. The van der Waals surface area contributed by atoms with Crippen LogP contribution < -0.4 is 4.74 Å². The molecule has 2 heterocycles. The zero-order chi connectivity index (χ0) is 24.7. The summed E-state index contributed by atoms with van der Waals surface area (Å²) in [4.78, 5) is 17.3. The minimum absolute atomic E-state index is 0.0252. The SMILES string of the molecule is CN(C(=O)OCc1ccccc1)[C@H]1CC[C@@]2(O)[C@@H]3Cc4ccc(O)c5c4[C@@]2(CCN3CC2CC2)[C@H]1O5. The lowest BCUT2D eigenvalue weighted by atomic mass is 9.48. The van der Waals surface area contributed by atoms with Crippen molar-refractivity contribution >= 4 is 6.09 Å². The Hall–Kier alpha value is -2.77. The fourth-order valence-corrected chi connectivity index (χ4v) is 7.81. The van der Waals surface area contributed by atoms with Crippen molar-refractivity contribution in [3.05, 3.63) is 59.2 Å². The maximum Gasteiger partial charge on any atom is 0.410 e. The molecule has 2 aromatic carbocycles. The number of likely N-dealkylation sites (N-methyl/N-ethyl adjacent to an activating group) is 1. The van der Waals surface area contributed by atoms with Gasteiger partial charge in [-0.05, 0) is 68.2 Å². The van der Waals surface area contributed by atoms with Crippen LogP contribution in [0.5, 0.6) is 11.5 Å². The van der Waals surface area contributed by atoms with E-state index in [-0.39, 0.29) is 24.4 Å². The number of hydrogen-bond donors (Lipinski definition) is 2. The Labute approximate surface area is 211 Å². The molecule has 2 saturated carbocycles. The van der Waals surface area contributed by atoms with E-state index in [1.807, 2.05) is 36.4 Å². The fourth-order valence-electron chi connectivity index (χ4n) is 7.81. The third-order valence-electron chi connectivity index (χ3n) is 9.72. The number of likely N-dealkylation sites (tertiary alicyclic amines) is 1. The summed E-state index contributed by atoms with van der Waals surface area (Å²) in [7, 11) is 1.77. The molecule has 1 amide bonds. The minimum Gasteiger partial charge on any atom is -0.504 e. The highest BCUT2D eigenvalue weighted by Gasteiger charge is 2.73. The molecule has 5 aliphatic rings. The van der Waals surface area contributed by atoms with Gasteiger partial charge in [0.2, 0.25) is 0 Å². The van der Waals surface area contributed by atoms with Crippen molar-refractivity contribution in [2.24, 2.45) is 5.92 Å². The lowest BCUT2D eigenvalue weighted by Crippen LogP contribution is -2.78. The topological polar surface area (TPSA) is 82.5 Å². The molecule has 7 heteroatoms. The van der Waals surface area contributed by atoms with E-state index in [1.165, 1.54) is 12.8 Å². The number of phenolic OH excluding ortho intramolecular Hbond substituents is 1. The number of hydrogen-bond acceptors (Lipinski definition) is 6. The normalized spacial score (nSPS) is 34.0. The average molecular weight is 491 g/mol. The van der Waals surface area contributed by atoms with Crippen molar-refractivity contribution in [3.63, 3.8) is 0 Å². The molecule has 1 saturated heterocycles. The van der Waals surface area contributed by atoms with Crippen LogP contribution in [0.4, 0.5) is 4.79 Å².